The number of esters is 2. The van der Waals surface area contributed by atoms with Crippen LogP contribution in [0.4, 0.5) is 0 Å². The van der Waals surface area contributed by atoms with Crippen LogP contribution in [0.3, 0.4) is 0 Å². The van der Waals surface area contributed by atoms with Gasteiger partial charge in [0.2, 0.25) is 0 Å². The Hall–Kier alpha value is -2.29. The molecule has 0 bridgehead atoms. The minimum atomic E-state index is -4.64. The fourth-order valence-electron chi connectivity index (χ4n) is 10.9. The van der Waals surface area contributed by atoms with Gasteiger partial charge in [-0.25, -0.2) is 0 Å². The summed E-state index contributed by atoms with van der Waals surface area (Å²) in [6.45, 7) is 4.16. The Labute approximate surface area is 534 Å². The summed E-state index contributed by atoms with van der Waals surface area (Å²) in [5, 5.41) is 0. The number of carbonyl (C=O) groups is 2. The fourth-order valence-corrected chi connectivity index (χ4v) is 11.6. The molecular formula is C76H142NO8P. The van der Waals surface area contributed by atoms with Crippen LogP contribution in [0.5, 0.6) is 0 Å². The molecule has 0 N–H and O–H groups in total. The van der Waals surface area contributed by atoms with E-state index in [1.165, 1.54) is 257 Å². The Kier molecular flexibility index (Phi) is 65.3. The first-order valence-corrected chi connectivity index (χ1v) is 38.5. The largest absolute Gasteiger partial charge is 0.756 e. The van der Waals surface area contributed by atoms with E-state index in [1.54, 1.807) is 0 Å². The molecule has 0 aliphatic heterocycles. The average molecular weight is 1230 g/mol. The number of phosphoric acid groups is 1. The summed E-state index contributed by atoms with van der Waals surface area (Å²) in [4.78, 5) is 38.0. The van der Waals surface area contributed by atoms with E-state index in [2.05, 4.69) is 74.6 Å². The molecule has 10 heteroatoms. The number of carbonyl (C=O) groups excluding carboxylic acids is 2. The molecule has 0 radical (unpaired) electrons. The first-order chi connectivity index (χ1) is 42.0. The molecule has 0 heterocycles. The van der Waals surface area contributed by atoms with Crippen LogP contribution in [0.25, 0.3) is 0 Å². The molecule has 0 fully saturated rings. The predicted molar refractivity (Wildman–Crippen MR) is 370 cm³/mol. The zero-order chi connectivity index (χ0) is 62.6. The number of hydrogen-bond donors (Lipinski definition) is 0. The Bertz CT molecular complexity index is 1630. The number of ether oxygens (including phenoxy) is 2. The molecule has 0 amide bonds. The second-order valence-electron chi connectivity index (χ2n) is 26.3. The number of quaternary nitrogens is 1. The highest BCUT2D eigenvalue weighted by Gasteiger charge is 2.22. The van der Waals surface area contributed by atoms with Gasteiger partial charge in [0.15, 0.2) is 6.10 Å². The maximum absolute atomic E-state index is 12.8. The third-order valence-electron chi connectivity index (χ3n) is 16.5. The lowest BCUT2D eigenvalue weighted by Gasteiger charge is -2.28. The molecule has 0 aromatic carbocycles. The summed E-state index contributed by atoms with van der Waals surface area (Å²) in [6.07, 6.45) is 89.1. The number of nitrogens with zero attached hydrogens (tertiary/aromatic N) is 1. The SMILES string of the molecule is CC/C=C\C/C=C\C/C=C\C/C=C\CCCCCCCCCCC(=O)OC(COC(=O)CCCCCCCCCCCCCCCCCCCCCCCCCCCCCCC/C=C\CCCCCCCCCC)COP(=O)([O-])OCC[N+](C)(C)C. The van der Waals surface area contributed by atoms with Gasteiger partial charge in [-0.05, 0) is 77.0 Å². The number of rotatable bonds is 69. The van der Waals surface area contributed by atoms with Gasteiger partial charge in [-0.2, -0.15) is 0 Å². The molecular weight excluding hydrogens is 1090 g/mol. The lowest BCUT2D eigenvalue weighted by atomic mass is 10.0. The molecule has 2 atom stereocenters. The second kappa shape index (κ2) is 67.1. The average Bonchev–Trinajstić information content (AvgIpc) is 3.67. The molecule has 86 heavy (non-hydrogen) atoms. The Morgan fingerprint density at radius 2 is 0.663 bits per heavy atom. The summed E-state index contributed by atoms with van der Waals surface area (Å²) in [7, 11) is 1.17. The lowest BCUT2D eigenvalue weighted by Crippen LogP contribution is -2.37. The van der Waals surface area contributed by atoms with Crippen molar-refractivity contribution in [3.05, 3.63) is 60.8 Å². The first-order valence-electron chi connectivity index (χ1n) is 37.0. The summed E-state index contributed by atoms with van der Waals surface area (Å²) in [6, 6.07) is 0. The van der Waals surface area contributed by atoms with Gasteiger partial charge in [0.25, 0.3) is 7.82 Å². The van der Waals surface area contributed by atoms with E-state index >= 15 is 0 Å². The highest BCUT2D eigenvalue weighted by Crippen LogP contribution is 2.38. The van der Waals surface area contributed by atoms with Crippen LogP contribution >= 0.6 is 7.82 Å². The van der Waals surface area contributed by atoms with Gasteiger partial charge in [-0.1, -0.05) is 331 Å². The van der Waals surface area contributed by atoms with Gasteiger partial charge in [0.05, 0.1) is 27.7 Å². The molecule has 2 unspecified atom stereocenters. The molecule has 9 nitrogen and oxygen atoms in total. The quantitative estimate of drug-likeness (QED) is 0.0195. The van der Waals surface area contributed by atoms with Crippen molar-refractivity contribution in [2.45, 2.75) is 367 Å². The van der Waals surface area contributed by atoms with E-state index in [0.29, 0.717) is 17.4 Å². The van der Waals surface area contributed by atoms with Gasteiger partial charge in [-0.15, -0.1) is 0 Å². The lowest BCUT2D eigenvalue weighted by molar-refractivity contribution is -0.870. The molecule has 504 valence electrons. The highest BCUT2D eigenvalue weighted by atomic mass is 31.2. The summed E-state index contributed by atoms with van der Waals surface area (Å²) in [5.41, 5.74) is 0. The van der Waals surface area contributed by atoms with Crippen molar-refractivity contribution in [2.75, 3.05) is 47.5 Å². The Balaban J connectivity index is 3.88. The molecule has 0 saturated carbocycles. The topological polar surface area (TPSA) is 111 Å². The molecule has 0 spiro atoms. The minimum absolute atomic E-state index is 0.0328. The minimum Gasteiger partial charge on any atom is -0.756 e. The van der Waals surface area contributed by atoms with E-state index < -0.39 is 26.5 Å². The van der Waals surface area contributed by atoms with Crippen LogP contribution in [0.15, 0.2) is 60.8 Å². The molecule has 0 saturated heterocycles. The van der Waals surface area contributed by atoms with Gasteiger partial charge < -0.3 is 27.9 Å². The van der Waals surface area contributed by atoms with Crippen LogP contribution in [0.2, 0.25) is 0 Å². The summed E-state index contributed by atoms with van der Waals surface area (Å²) < 4.78 is 34.3. The normalized spacial score (nSPS) is 13.4. The second-order valence-corrected chi connectivity index (χ2v) is 27.7. The molecule has 0 aromatic heterocycles. The highest BCUT2D eigenvalue weighted by molar-refractivity contribution is 7.45. The van der Waals surface area contributed by atoms with Crippen molar-refractivity contribution in [1.29, 1.82) is 0 Å². The Morgan fingerprint density at radius 3 is 1.00 bits per heavy atom. The van der Waals surface area contributed by atoms with Gasteiger partial charge >= 0.3 is 11.9 Å². The van der Waals surface area contributed by atoms with E-state index in [4.69, 9.17) is 18.5 Å². The molecule has 0 aliphatic carbocycles. The summed E-state index contributed by atoms with van der Waals surface area (Å²) >= 11 is 0. The standard InChI is InChI=1S/C76H142NO8P/c1-6-8-10-12-14-16-18-20-22-24-26-28-29-30-31-32-33-34-35-36-37-38-39-40-41-42-43-44-45-46-47-49-50-52-54-56-58-60-62-64-66-68-75(78)82-72-74(73-84-86(80,81)83-71-70-77(3,4)5)85-76(79)69-67-65-63-61-59-57-55-53-51-48-27-25-23-21-19-17-15-13-11-9-7-2/h9,11,15,17,21,23-24,26-27,48,74H,6-8,10,12-14,16,18-20,22,25,28-47,49-73H2,1-5H3/b11-9-,17-15-,23-21-,26-24-,48-27-. The van der Waals surface area contributed by atoms with Crippen molar-refractivity contribution in [3.8, 4) is 0 Å². The van der Waals surface area contributed by atoms with Crippen LogP contribution in [-0.2, 0) is 32.7 Å². The number of hydrogen-bond acceptors (Lipinski definition) is 8. The maximum Gasteiger partial charge on any atom is 0.306 e. The first kappa shape index (κ1) is 83.7. The zero-order valence-corrected chi connectivity index (χ0v) is 58.4. The predicted octanol–water partition coefficient (Wildman–Crippen LogP) is 23.5. The number of phosphoric ester groups is 1. The Morgan fingerprint density at radius 1 is 0.372 bits per heavy atom. The number of unbranched alkanes of at least 4 members (excludes halogenated alkanes) is 45. The smallest absolute Gasteiger partial charge is 0.306 e. The zero-order valence-electron chi connectivity index (χ0n) is 57.5. The third kappa shape index (κ3) is 70.8. The van der Waals surface area contributed by atoms with Crippen molar-refractivity contribution in [3.63, 3.8) is 0 Å². The van der Waals surface area contributed by atoms with E-state index in [0.717, 1.165) is 70.6 Å². The van der Waals surface area contributed by atoms with Gasteiger partial charge in [0.1, 0.15) is 19.8 Å². The van der Waals surface area contributed by atoms with Crippen LogP contribution in [0, 0.1) is 0 Å². The van der Waals surface area contributed by atoms with Crippen LogP contribution < -0.4 is 4.89 Å². The summed E-state index contributed by atoms with van der Waals surface area (Å²) in [5.74, 6) is -0.829. The van der Waals surface area contributed by atoms with E-state index in [9.17, 15) is 19.0 Å². The van der Waals surface area contributed by atoms with Gasteiger partial charge in [0, 0.05) is 12.8 Å². The number of allylic oxidation sites excluding steroid dienone is 10. The van der Waals surface area contributed by atoms with Crippen molar-refractivity contribution >= 4 is 19.8 Å². The molecule has 0 aromatic rings. The number of likely N-dealkylation sites (N-methyl/N-ethyl adjacent to an activating group) is 1. The monoisotopic (exact) mass is 1230 g/mol. The van der Waals surface area contributed by atoms with E-state index in [-0.39, 0.29) is 32.0 Å². The van der Waals surface area contributed by atoms with Crippen LogP contribution in [0.1, 0.15) is 361 Å². The van der Waals surface area contributed by atoms with Crippen LogP contribution in [-0.4, -0.2) is 70.0 Å². The maximum atomic E-state index is 12.8. The van der Waals surface area contributed by atoms with Crippen molar-refractivity contribution in [1.82, 2.24) is 0 Å². The van der Waals surface area contributed by atoms with Crippen molar-refractivity contribution < 1.29 is 42.1 Å². The van der Waals surface area contributed by atoms with Crippen molar-refractivity contribution in [2.24, 2.45) is 0 Å². The van der Waals surface area contributed by atoms with E-state index in [1.807, 2.05) is 21.1 Å². The third-order valence-corrected chi connectivity index (χ3v) is 17.5. The molecule has 0 rings (SSSR count). The molecule has 0 aliphatic rings. The fraction of sp³-hybridized carbons (Fsp3) is 0.842. The van der Waals surface area contributed by atoms with Gasteiger partial charge in [-0.3, -0.25) is 14.2 Å².